The molecule has 1 aromatic heterocycles. The van der Waals surface area contributed by atoms with Crippen molar-refractivity contribution in [2.45, 2.75) is 19.8 Å². The van der Waals surface area contributed by atoms with Gasteiger partial charge in [-0.15, -0.1) is 0 Å². The van der Waals surface area contributed by atoms with Crippen LogP contribution in [0, 0.1) is 12.3 Å². The van der Waals surface area contributed by atoms with E-state index in [0.717, 1.165) is 16.1 Å². The molecule has 1 amide bonds. The highest BCUT2D eigenvalue weighted by atomic mass is 32.1. The van der Waals surface area contributed by atoms with E-state index in [1.807, 2.05) is 13.0 Å². The molecule has 1 aromatic carbocycles. The standard InChI is InChI=1S/C15H17N5O3S/c1-8-13(24-15(18-8)20-14(16)17)9-3-2-4-10(7-9)19-11(21)5-6-12(22)23/h2-4,7H,5-6H2,1H3,(H,19,21)(H,22,23)(H4,16,17,18,20). The van der Waals surface area contributed by atoms with Crippen LogP contribution in [-0.4, -0.2) is 27.9 Å². The van der Waals surface area contributed by atoms with Crippen LogP contribution in [0.15, 0.2) is 24.3 Å². The summed E-state index contributed by atoms with van der Waals surface area (Å²) in [6, 6.07) is 7.19. The maximum absolute atomic E-state index is 11.7. The summed E-state index contributed by atoms with van der Waals surface area (Å²) in [5.74, 6) is -1.55. The number of guanidine groups is 1. The third kappa shape index (κ3) is 4.78. The maximum Gasteiger partial charge on any atom is 0.303 e. The second kappa shape index (κ2) is 7.55. The molecular formula is C15H17N5O3S. The summed E-state index contributed by atoms with van der Waals surface area (Å²) < 4.78 is 0. The van der Waals surface area contributed by atoms with Crippen molar-refractivity contribution in [1.29, 1.82) is 5.41 Å². The van der Waals surface area contributed by atoms with Gasteiger partial charge in [-0.1, -0.05) is 23.5 Å². The van der Waals surface area contributed by atoms with E-state index in [2.05, 4.69) is 15.6 Å². The molecule has 0 saturated heterocycles. The lowest BCUT2D eigenvalue weighted by molar-refractivity contribution is -0.138. The van der Waals surface area contributed by atoms with Gasteiger partial charge in [0.15, 0.2) is 11.1 Å². The zero-order chi connectivity index (χ0) is 17.7. The van der Waals surface area contributed by atoms with Crippen LogP contribution in [0.5, 0.6) is 0 Å². The number of carbonyl (C=O) groups is 2. The zero-order valence-corrected chi connectivity index (χ0v) is 13.7. The first-order valence-electron chi connectivity index (χ1n) is 7.05. The first-order valence-corrected chi connectivity index (χ1v) is 7.87. The molecule has 6 N–H and O–H groups in total. The molecule has 0 unspecified atom stereocenters. The van der Waals surface area contributed by atoms with E-state index in [1.54, 1.807) is 18.2 Å². The number of carboxylic acid groups (broad SMARTS) is 1. The number of aromatic nitrogens is 1. The summed E-state index contributed by atoms with van der Waals surface area (Å²) in [6.45, 7) is 1.84. The van der Waals surface area contributed by atoms with Crippen molar-refractivity contribution >= 4 is 40.0 Å². The lowest BCUT2D eigenvalue weighted by Gasteiger charge is -2.06. The van der Waals surface area contributed by atoms with Crippen molar-refractivity contribution in [2.24, 2.45) is 5.73 Å². The summed E-state index contributed by atoms with van der Waals surface area (Å²) in [7, 11) is 0. The monoisotopic (exact) mass is 347 g/mol. The number of rotatable bonds is 6. The quantitative estimate of drug-likeness (QED) is 0.401. The molecule has 9 heteroatoms. The largest absolute Gasteiger partial charge is 0.481 e. The fraction of sp³-hybridized carbons (Fsp3) is 0.200. The van der Waals surface area contributed by atoms with Crippen molar-refractivity contribution in [3.05, 3.63) is 30.0 Å². The summed E-state index contributed by atoms with van der Waals surface area (Å²) in [5.41, 5.74) is 7.52. The number of hydrogen-bond donors (Lipinski definition) is 5. The van der Waals surface area contributed by atoms with Crippen molar-refractivity contribution < 1.29 is 14.7 Å². The van der Waals surface area contributed by atoms with Gasteiger partial charge in [-0.3, -0.25) is 15.0 Å². The van der Waals surface area contributed by atoms with Gasteiger partial charge in [0.05, 0.1) is 17.0 Å². The van der Waals surface area contributed by atoms with Crippen molar-refractivity contribution in [3.8, 4) is 10.4 Å². The lowest BCUT2D eigenvalue weighted by atomic mass is 10.1. The van der Waals surface area contributed by atoms with E-state index in [0.29, 0.717) is 10.8 Å². The van der Waals surface area contributed by atoms with Crippen molar-refractivity contribution in [2.75, 3.05) is 10.6 Å². The Hall–Kier alpha value is -2.94. The predicted molar refractivity (Wildman–Crippen MR) is 93.3 cm³/mol. The van der Waals surface area contributed by atoms with Crippen LogP contribution in [0.4, 0.5) is 10.8 Å². The molecule has 0 saturated carbocycles. The Balaban J connectivity index is 2.15. The van der Waals surface area contributed by atoms with E-state index in [1.165, 1.54) is 11.3 Å². The van der Waals surface area contributed by atoms with Gasteiger partial charge in [0, 0.05) is 12.1 Å². The number of aliphatic carboxylic acids is 1. The number of anilines is 2. The highest BCUT2D eigenvalue weighted by Gasteiger charge is 2.12. The summed E-state index contributed by atoms with van der Waals surface area (Å²) in [5, 5.41) is 21.7. The van der Waals surface area contributed by atoms with E-state index in [-0.39, 0.29) is 24.7 Å². The predicted octanol–water partition coefficient (Wildman–Crippen LogP) is 2.23. The number of hydrogen-bond acceptors (Lipinski definition) is 5. The zero-order valence-electron chi connectivity index (χ0n) is 12.9. The molecule has 126 valence electrons. The fourth-order valence-corrected chi connectivity index (χ4v) is 2.99. The number of thiazole rings is 1. The fourth-order valence-electron chi connectivity index (χ4n) is 2.02. The molecule has 0 atom stereocenters. The number of nitrogens with zero attached hydrogens (tertiary/aromatic N) is 1. The lowest BCUT2D eigenvalue weighted by Crippen LogP contribution is -2.20. The van der Waals surface area contributed by atoms with E-state index in [9.17, 15) is 9.59 Å². The number of aryl methyl sites for hydroxylation is 1. The molecule has 0 aliphatic heterocycles. The van der Waals surface area contributed by atoms with E-state index < -0.39 is 5.97 Å². The van der Waals surface area contributed by atoms with Crippen LogP contribution in [0.3, 0.4) is 0 Å². The maximum atomic E-state index is 11.7. The highest BCUT2D eigenvalue weighted by Crippen LogP contribution is 2.33. The molecule has 0 bridgehead atoms. The van der Waals surface area contributed by atoms with Gasteiger partial charge >= 0.3 is 5.97 Å². The average molecular weight is 347 g/mol. The second-order valence-corrected chi connectivity index (χ2v) is 5.99. The Labute approximate surface area is 142 Å². The van der Waals surface area contributed by atoms with Gasteiger partial charge in [-0.25, -0.2) is 4.98 Å². The number of amides is 1. The minimum Gasteiger partial charge on any atom is -0.481 e. The van der Waals surface area contributed by atoms with Gasteiger partial charge in [0.25, 0.3) is 0 Å². The van der Waals surface area contributed by atoms with Gasteiger partial charge < -0.3 is 21.5 Å². The molecule has 0 aliphatic carbocycles. The van der Waals surface area contributed by atoms with Crippen LogP contribution >= 0.6 is 11.3 Å². The third-order valence-electron chi connectivity index (χ3n) is 3.01. The molecule has 2 aromatic rings. The van der Waals surface area contributed by atoms with Crippen LogP contribution in [0.2, 0.25) is 0 Å². The van der Waals surface area contributed by atoms with Gasteiger partial charge in [0.2, 0.25) is 5.91 Å². The molecule has 1 heterocycles. The molecule has 24 heavy (non-hydrogen) atoms. The smallest absolute Gasteiger partial charge is 0.303 e. The van der Waals surface area contributed by atoms with Gasteiger partial charge in [-0.05, 0) is 24.6 Å². The molecule has 0 spiro atoms. The third-order valence-corrected chi connectivity index (χ3v) is 4.13. The van der Waals surface area contributed by atoms with Gasteiger partial charge in [-0.2, -0.15) is 0 Å². The SMILES string of the molecule is Cc1nc(NC(=N)N)sc1-c1cccc(NC(=O)CCC(=O)O)c1. The molecule has 8 nitrogen and oxygen atoms in total. The normalized spacial score (nSPS) is 10.2. The molecule has 0 radical (unpaired) electrons. The van der Waals surface area contributed by atoms with Gasteiger partial charge in [0.1, 0.15) is 0 Å². The molecule has 2 rings (SSSR count). The van der Waals surface area contributed by atoms with E-state index in [4.69, 9.17) is 16.2 Å². The molecule has 0 fully saturated rings. The number of nitrogens with two attached hydrogens (primary N) is 1. The summed E-state index contributed by atoms with van der Waals surface area (Å²) >= 11 is 1.35. The van der Waals surface area contributed by atoms with Crippen LogP contribution < -0.4 is 16.4 Å². The van der Waals surface area contributed by atoms with Crippen LogP contribution in [-0.2, 0) is 9.59 Å². The topological polar surface area (TPSA) is 141 Å². The number of carboxylic acids is 1. The first kappa shape index (κ1) is 17.4. The summed E-state index contributed by atoms with van der Waals surface area (Å²) in [6.07, 6.45) is -0.286. The minimum absolute atomic E-state index is 0.0776. The number of carbonyl (C=O) groups excluding carboxylic acids is 1. The Morgan fingerprint density at radius 2 is 2.08 bits per heavy atom. The molecule has 0 aliphatic rings. The number of benzene rings is 1. The Morgan fingerprint density at radius 1 is 1.33 bits per heavy atom. The highest BCUT2D eigenvalue weighted by molar-refractivity contribution is 7.19. The molecular weight excluding hydrogens is 330 g/mol. The van der Waals surface area contributed by atoms with Crippen molar-refractivity contribution in [1.82, 2.24) is 4.98 Å². The number of nitrogens with one attached hydrogen (secondary N) is 3. The van der Waals surface area contributed by atoms with Crippen LogP contribution in [0.25, 0.3) is 10.4 Å². The Kier molecular flexibility index (Phi) is 5.48. The Bertz CT molecular complexity index is 787. The minimum atomic E-state index is -1.01. The van der Waals surface area contributed by atoms with E-state index >= 15 is 0 Å². The second-order valence-electron chi connectivity index (χ2n) is 4.99. The first-order chi connectivity index (χ1) is 11.3. The Morgan fingerprint density at radius 3 is 2.75 bits per heavy atom. The average Bonchev–Trinajstić information content (AvgIpc) is 2.85. The summed E-state index contributed by atoms with van der Waals surface area (Å²) in [4.78, 5) is 27.4. The van der Waals surface area contributed by atoms with Crippen LogP contribution in [0.1, 0.15) is 18.5 Å². The van der Waals surface area contributed by atoms with Crippen molar-refractivity contribution in [3.63, 3.8) is 0 Å².